The van der Waals surface area contributed by atoms with Crippen molar-refractivity contribution in [2.45, 2.75) is 32.7 Å². The molecular formula is C24H25N5O9. The van der Waals surface area contributed by atoms with Crippen molar-refractivity contribution in [2.24, 2.45) is 0 Å². The summed E-state index contributed by atoms with van der Waals surface area (Å²) in [6.07, 6.45) is -0.0502. The molecule has 14 heteroatoms. The Hall–Kier alpha value is -4.69. The van der Waals surface area contributed by atoms with E-state index in [9.17, 15) is 29.8 Å². The second-order valence-corrected chi connectivity index (χ2v) is 7.83. The van der Waals surface area contributed by atoms with Gasteiger partial charge in [-0.1, -0.05) is 30.3 Å². The lowest BCUT2D eigenvalue weighted by atomic mass is 10.0. The number of benzene rings is 2. The first kappa shape index (κ1) is 27.9. The minimum atomic E-state index is -1.75. The van der Waals surface area contributed by atoms with E-state index in [4.69, 9.17) is 14.2 Å². The molecule has 2 N–H and O–H groups in total. The van der Waals surface area contributed by atoms with Crippen LogP contribution in [0.1, 0.15) is 30.8 Å². The molecule has 0 unspecified atom stereocenters. The number of non-ortho nitro benzene ring substituents is 2. The maximum absolute atomic E-state index is 12.8. The molecule has 200 valence electrons. The van der Waals surface area contributed by atoms with Crippen LogP contribution in [0, 0.1) is 20.2 Å². The standard InChI is InChI=1S/C24H25N5O9/c1-3-37-24(38-4-2,13-17-10-18(28(32)33)12-19(11-17)29(34)35)22-25-14-20(21(30)27-22)26-23(31)36-15-16-8-6-5-7-9-16/h5-12,14H,3-4,13,15H2,1-2H3,(H,26,31)(H,25,27,30). The Kier molecular flexibility index (Phi) is 9.18. The summed E-state index contributed by atoms with van der Waals surface area (Å²) in [5.74, 6) is -1.86. The first-order valence-corrected chi connectivity index (χ1v) is 11.5. The lowest BCUT2D eigenvalue weighted by Gasteiger charge is -2.32. The fraction of sp³-hybridized carbons (Fsp3) is 0.292. The Morgan fingerprint density at radius 3 is 2.13 bits per heavy atom. The fourth-order valence-electron chi connectivity index (χ4n) is 3.62. The third-order valence-electron chi connectivity index (χ3n) is 5.19. The summed E-state index contributed by atoms with van der Waals surface area (Å²) >= 11 is 0. The summed E-state index contributed by atoms with van der Waals surface area (Å²) in [5.41, 5.74) is -1.05. The van der Waals surface area contributed by atoms with E-state index in [2.05, 4.69) is 15.3 Å². The van der Waals surface area contributed by atoms with E-state index >= 15 is 0 Å². The Morgan fingerprint density at radius 2 is 1.61 bits per heavy atom. The van der Waals surface area contributed by atoms with Crippen molar-refractivity contribution in [3.05, 3.63) is 102 Å². The molecule has 0 spiro atoms. The van der Waals surface area contributed by atoms with Crippen LogP contribution in [-0.4, -0.2) is 39.1 Å². The lowest BCUT2D eigenvalue weighted by Crippen LogP contribution is -2.39. The van der Waals surface area contributed by atoms with Crippen LogP contribution in [0.3, 0.4) is 0 Å². The number of nitrogens with zero attached hydrogens (tertiary/aromatic N) is 3. The van der Waals surface area contributed by atoms with Crippen LogP contribution in [0.4, 0.5) is 21.9 Å². The second kappa shape index (κ2) is 12.5. The van der Waals surface area contributed by atoms with Crippen molar-refractivity contribution in [2.75, 3.05) is 18.5 Å². The molecule has 1 aromatic heterocycles. The van der Waals surface area contributed by atoms with Crippen LogP contribution in [0.15, 0.2) is 59.5 Å². The highest BCUT2D eigenvalue weighted by Crippen LogP contribution is 2.32. The molecule has 1 heterocycles. The van der Waals surface area contributed by atoms with Crippen LogP contribution in [-0.2, 0) is 33.0 Å². The molecule has 38 heavy (non-hydrogen) atoms. The van der Waals surface area contributed by atoms with Crippen molar-refractivity contribution < 1.29 is 28.9 Å². The molecule has 0 bridgehead atoms. The largest absolute Gasteiger partial charge is 0.444 e. The van der Waals surface area contributed by atoms with Gasteiger partial charge in [0.2, 0.25) is 5.79 Å². The van der Waals surface area contributed by atoms with E-state index in [1.807, 2.05) is 6.07 Å². The first-order chi connectivity index (χ1) is 18.2. The molecule has 2 aromatic carbocycles. The Bertz CT molecular complexity index is 1320. The molecule has 14 nitrogen and oxygen atoms in total. The number of aromatic nitrogens is 2. The van der Waals surface area contributed by atoms with Crippen LogP contribution >= 0.6 is 0 Å². The quantitative estimate of drug-likeness (QED) is 0.199. The van der Waals surface area contributed by atoms with Crippen molar-refractivity contribution in [3.8, 4) is 0 Å². The molecule has 0 aliphatic carbocycles. The van der Waals surface area contributed by atoms with E-state index in [-0.39, 0.29) is 43.3 Å². The number of carbonyl (C=O) groups excluding carboxylic acids is 1. The predicted molar refractivity (Wildman–Crippen MR) is 133 cm³/mol. The second-order valence-electron chi connectivity index (χ2n) is 7.83. The Labute approximate surface area is 215 Å². The van der Waals surface area contributed by atoms with Crippen LogP contribution in [0.25, 0.3) is 0 Å². The van der Waals surface area contributed by atoms with Gasteiger partial charge in [-0.15, -0.1) is 0 Å². The van der Waals surface area contributed by atoms with Gasteiger partial charge in [-0.3, -0.25) is 30.3 Å². The van der Waals surface area contributed by atoms with E-state index in [1.165, 1.54) is 0 Å². The van der Waals surface area contributed by atoms with Gasteiger partial charge in [-0.05, 0) is 25.0 Å². The van der Waals surface area contributed by atoms with E-state index in [0.717, 1.165) is 30.0 Å². The predicted octanol–water partition coefficient (Wildman–Crippen LogP) is 3.80. The average Bonchev–Trinajstić information content (AvgIpc) is 2.89. The first-order valence-electron chi connectivity index (χ1n) is 11.5. The lowest BCUT2D eigenvalue weighted by molar-refractivity contribution is -0.394. The van der Waals surface area contributed by atoms with Crippen molar-refractivity contribution in [1.29, 1.82) is 0 Å². The fourth-order valence-corrected chi connectivity index (χ4v) is 3.62. The zero-order valence-electron chi connectivity index (χ0n) is 20.5. The maximum Gasteiger partial charge on any atom is 0.412 e. The normalized spacial score (nSPS) is 11.1. The van der Waals surface area contributed by atoms with Gasteiger partial charge in [0.25, 0.3) is 16.9 Å². The van der Waals surface area contributed by atoms with E-state index < -0.39 is 38.7 Å². The molecule has 0 radical (unpaired) electrons. The molecule has 0 fully saturated rings. The van der Waals surface area contributed by atoms with Gasteiger partial charge in [-0.2, -0.15) is 0 Å². The molecule has 0 saturated heterocycles. The number of ether oxygens (including phenoxy) is 3. The number of carbonyl (C=O) groups is 1. The summed E-state index contributed by atoms with van der Waals surface area (Å²) in [6, 6.07) is 12.1. The van der Waals surface area contributed by atoms with Crippen molar-refractivity contribution in [1.82, 2.24) is 9.97 Å². The average molecular weight is 527 g/mol. The van der Waals surface area contributed by atoms with Gasteiger partial charge in [0.05, 0.1) is 22.1 Å². The molecule has 1 amide bonds. The highest BCUT2D eigenvalue weighted by molar-refractivity contribution is 5.83. The van der Waals surface area contributed by atoms with Gasteiger partial charge < -0.3 is 19.2 Å². The topological polar surface area (TPSA) is 189 Å². The molecular weight excluding hydrogens is 502 g/mol. The smallest absolute Gasteiger partial charge is 0.412 e. The number of nitrogens with one attached hydrogen (secondary N) is 2. The Balaban J connectivity index is 1.90. The molecule has 0 atom stereocenters. The zero-order chi connectivity index (χ0) is 27.7. The highest BCUT2D eigenvalue weighted by Gasteiger charge is 2.38. The zero-order valence-corrected chi connectivity index (χ0v) is 20.5. The summed E-state index contributed by atoms with van der Waals surface area (Å²) in [6.45, 7) is 3.45. The number of rotatable bonds is 12. The SMILES string of the molecule is CCOC(Cc1cc([N+](=O)[O-])cc([N+](=O)[O-])c1)(OCC)c1ncc(NC(=O)OCc2ccccc2)c(=O)[nH]1. The summed E-state index contributed by atoms with van der Waals surface area (Å²) in [7, 11) is 0. The summed E-state index contributed by atoms with van der Waals surface area (Å²) < 4.78 is 16.7. The summed E-state index contributed by atoms with van der Waals surface area (Å²) in [5, 5.41) is 25.0. The molecule has 0 aliphatic heterocycles. The van der Waals surface area contributed by atoms with Crippen molar-refractivity contribution in [3.63, 3.8) is 0 Å². The van der Waals surface area contributed by atoms with E-state index in [0.29, 0.717) is 0 Å². The number of H-pyrrole nitrogens is 1. The van der Waals surface area contributed by atoms with Crippen LogP contribution in [0.2, 0.25) is 0 Å². The van der Waals surface area contributed by atoms with Crippen LogP contribution < -0.4 is 10.9 Å². The molecule has 0 saturated carbocycles. The van der Waals surface area contributed by atoms with Gasteiger partial charge in [0.15, 0.2) is 5.82 Å². The number of hydrogen-bond acceptors (Lipinski definition) is 10. The molecule has 0 aliphatic rings. The third-order valence-corrected chi connectivity index (χ3v) is 5.19. The number of amides is 1. The number of nitro benzene ring substituents is 2. The van der Waals surface area contributed by atoms with Gasteiger partial charge in [-0.25, -0.2) is 9.78 Å². The Morgan fingerprint density at radius 1 is 1.00 bits per heavy atom. The third kappa shape index (κ3) is 6.96. The monoisotopic (exact) mass is 527 g/mol. The van der Waals surface area contributed by atoms with Crippen LogP contribution in [0.5, 0.6) is 0 Å². The molecule has 3 aromatic rings. The minimum Gasteiger partial charge on any atom is -0.444 e. The highest BCUT2D eigenvalue weighted by atomic mass is 16.7. The number of hydrogen-bond donors (Lipinski definition) is 2. The van der Waals surface area contributed by atoms with Gasteiger partial charge in [0, 0.05) is 31.8 Å². The minimum absolute atomic E-state index is 0.0107. The van der Waals surface area contributed by atoms with E-state index in [1.54, 1.807) is 38.1 Å². The maximum atomic E-state index is 12.8. The van der Waals surface area contributed by atoms with Gasteiger partial charge in [0.1, 0.15) is 12.3 Å². The number of anilines is 1. The summed E-state index contributed by atoms with van der Waals surface area (Å²) in [4.78, 5) is 52.8. The van der Waals surface area contributed by atoms with Crippen molar-refractivity contribution >= 4 is 23.2 Å². The van der Waals surface area contributed by atoms with Gasteiger partial charge >= 0.3 is 6.09 Å². The molecule has 3 rings (SSSR count). The number of nitro groups is 2. The number of aromatic amines is 1.